The SMILES string of the molecule is NC(=O)C1CCN(Cc2cc(N)ccc2O)C1. The van der Waals surface area contributed by atoms with Gasteiger partial charge in [-0.3, -0.25) is 9.69 Å². The van der Waals surface area contributed by atoms with Crippen LogP contribution < -0.4 is 11.5 Å². The number of nitrogen functional groups attached to an aromatic ring is 1. The molecule has 92 valence electrons. The summed E-state index contributed by atoms with van der Waals surface area (Å²) in [5.41, 5.74) is 12.4. The minimum Gasteiger partial charge on any atom is -0.508 e. The van der Waals surface area contributed by atoms with E-state index in [1.807, 2.05) is 0 Å². The van der Waals surface area contributed by atoms with Crippen LogP contribution in [-0.2, 0) is 11.3 Å². The maximum Gasteiger partial charge on any atom is 0.221 e. The molecule has 5 heteroatoms. The zero-order chi connectivity index (χ0) is 12.4. The molecule has 0 aromatic heterocycles. The van der Waals surface area contributed by atoms with E-state index in [4.69, 9.17) is 11.5 Å². The fourth-order valence-electron chi connectivity index (χ4n) is 2.18. The first-order chi connectivity index (χ1) is 8.06. The van der Waals surface area contributed by atoms with Crippen LogP contribution in [0.1, 0.15) is 12.0 Å². The molecule has 1 atom stereocenters. The molecule has 1 aliphatic rings. The summed E-state index contributed by atoms with van der Waals surface area (Å²) in [6, 6.07) is 5.01. The van der Waals surface area contributed by atoms with Crippen molar-refractivity contribution in [3.05, 3.63) is 23.8 Å². The third-order valence-electron chi connectivity index (χ3n) is 3.17. The van der Waals surface area contributed by atoms with Crippen LogP contribution in [0.2, 0.25) is 0 Å². The van der Waals surface area contributed by atoms with Crippen molar-refractivity contribution in [2.45, 2.75) is 13.0 Å². The summed E-state index contributed by atoms with van der Waals surface area (Å²) in [6.45, 7) is 2.08. The van der Waals surface area contributed by atoms with Crippen LogP contribution in [-0.4, -0.2) is 29.0 Å². The van der Waals surface area contributed by atoms with E-state index in [-0.39, 0.29) is 17.6 Å². The van der Waals surface area contributed by atoms with Crippen molar-refractivity contribution >= 4 is 11.6 Å². The maximum absolute atomic E-state index is 11.0. The highest BCUT2D eigenvalue weighted by atomic mass is 16.3. The molecule has 1 aromatic carbocycles. The smallest absolute Gasteiger partial charge is 0.221 e. The molecule has 5 N–H and O–H groups in total. The van der Waals surface area contributed by atoms with E-state index in [9.17, 15) is 9.90 Å². The molecular weight excluding hydrogens is 218 g/mol. The summed E-state index contributed by atoms with van der Waals surface area (Å²) in [5, 5.41) is 9.70. The lowest BCUT2D eigenvalue weighted by molar-refractivity contribution is -0.121. The third kappa shape index (κ3) is 2.68. The number of carbonyl (C=O) groups excluding carboxylic acids is 1. The highest BCUT2D eigenvalue weighted by Crippen LogP contribution is 2.24. The van der Waals surface area contributed by atoms with Crippen LogP contribution in [0.15, 0.2) is 18.2 Å². The Labute approximate surface area is 100 Å². The minimum absolute atomic E-state index is 0.0711. The van der Waals surface area contributed by atoms with E-state index < -0.39 is 0 Å². The summed E-state index contributed by atoms with van der Waals surface area (Å²) in [4.78, 5) is 13.1. The van der Waals surface area contributed by atoms with Crippen molar-refractivity contribution in [2.75, 3.05) is 18.8 Å². The normalized spacial score (nSPS) is 20.6. The molecule has 5 nitrogen and oxygen atoms in total. The molecule has 1 heterocycles. The molecule has 1 aromatic rings. The number of phenols is 1. The molecule has 2 rings (SSSR count). The number of rotatable bonds is 3. The highest BCUT2D eigenvalue weighted by Gasteiger charge is 2.26. The second-order valence-corrected chi connectivity index (χ2v) is 4.51. The third-order valence-corrected chi connectivity index (χ3v) is 3.17. The Bertz CT molecular complexity index is 434. The summed E-state index contributed by atoms with van der Waals surface area (Å²) < 4.78 is 0. The molecule has 1 unspecified atom stereocenters. The van der Waals surface area contributed by atoms with E-state index in [1.54, 1.807) is 18.2 Å². The van der Waals surface area contributed by atoms with Crippen molar-refractivity contribution in [2.24, 2.45) is 11.7 Å². The molecule has 0 spiro atoms. The van der Waals surface area contributed by atoms with E-state index >= 15 is 0 Å². The van der Waals surface area contributed by atoms with Gasteiger partial charge in [-0.1, -0.05) is 0 Å². The second-order valence-electron chi connectivity index (χ2n) is 4.51. The molecule has 1 fully saturated rings. The fraction of sp³-hybridized carbons (Fsp3) is 0.417. The van der Waals surface area contributed by atoms with Crippen molar-refractivity contribution in [3.8, 4) is 5.75 Å². The topological polar surface area (TPSA) is 92.6 Å². The summed E-state index contributed by atoms with van der Waals surface area (Å²) in [6.07, 6.45) is 0.790. The standard InChI is InChI=1S/C12H17N3O2/c13-10-1-2-11(16)9(5-10)7-15-4-3-8(6-15)12(14)17/h1-2,5,8,16H,3-4,6-7,13H2,(H2,14,17). The minimum atomic E-state index is -0.246. The Morgan fingerprint density at radius 3 is 2.94 bits per heavy atom. The van der Waals surface area contributed by atoms with Crippen molar-refractivity contribution < 1.29 is 9.90 Å². The lowest BCUT2D eigenvalue weighted by atomic mass is 10.1. The Hall–Kier alpha value is -1.75. The van der Waals surface area contributed by atoms with Gasteiger partial charge in [-0.2, -0.15) is 0 Å². The van der Waals surface area contributed by atoms with E-state index in [1.165, 1.54) is 0 Å². The number of nitrogens with zero attached hydrogens (tertiary/aromatic N) is 1. The van der Waals surface area contributed by atoms with Crippen LogP contribution in [0, 0.1) is 5.92 Å². The molecule has 1 aliphatic heterocycles. The number of primary amides is 1. The Balaban J connectivity index is 2.02. The van der Waals surface area contributed by atoms with Gasteiger partial charge in [-0.05, 0) is 31.2 Å². The molecule has 1 saturated heterocycles. The molecule has 1 amide bonds. The van der Waals surface area contributed by atoms with Crippen molar-refractivity contribution in [1.29, 1.82) is 0 Å². The van der Waals surface area contributed by atoms with Crippen LogP contribution >= 0.6 is 0 Å². The first-order valence-electron chi connectivity index (χ1n) is 5.65. The lowest BCUT2D eigenvalue weighted by Gasteiger charge is -2.16. The average molecular weight is 235 g/mol. The quantitative estimate of drug-likeness (QED) is 0.518. The number of benzene rings is 1. The average Bonchev–Trinajstić information content (AvgIpc) is 2.72. The predicted octanol–water partition coefficient (Wildman–Crippen LogP) is 0.282. The number of hydrogen-bond acceptors (Lipinski definition) is 4. The number of aromatic hydroxyl groups is 1. The van der Waals surface area contributed by atoms with Crippen LogP contribution in [0.25, 0.3) is 0 Å². The van der Waals surface area contributed by atoms with Crippen molar-refractivity contribution in [3.63, 3.8) is 0 Å². The number of carbonyl (C=O) groups is 1. The van der Waals surface area contributed by atoms with Crippen LogP contribution in [0.4, 0.5) is 5.69 Å². The van der Waals surface area contributed by atoms with E-state index in [2.05, 4.69) is 4.90 Å². The van der Waals surface area contributed by atoms with E-state index in [0.29, 0.717) is 18.8 Å². The first kappa shape index (κ1) is 11.7. The maximum atomic E-state index is 11.0. The largest absolute Gasteiger partial charge is 0.508 e. The van der Waals surface area contributed by atoms with Crippen LogP contribution in [0.5, 0.6) is 5.75 Å². The van der Waals surface area contributed by atoms with Gasteiger partial charge in [-0.25, -0.2) is 0 Å². The number of anilines is 1. The number of hydrogen-bond donors (Lipinski definition) is 3. The monoisotopic (exact) mass is 235 g/mol. The molecule has 0 radical (unpaired) electrons. The van der Waals surface area contributed by atoms with Gasteiger partial charge in [0.2, 0.25) is 5.91 Å². The number of nitrogens with two attached hydrogens (primary N) is 2. The van der Waals surface area contributed by atoms with Gasteiger partial charge in [-0.15, -0.1) is 0 Å². The van der Waals surface area contributed by atoms with Gasteiger partial charge in [0, 0.05) is 24.3 Å². The van der Waals surface area contributed by atoms with Gasteiger partial charge >= 0.3 is 0 Å². The first-order valence-corrected chi connectivity index (χ1v) is 5.65. The van der Waals surface area contributed by atoms with Crippen LogP contribution in [0.3, 0.4) is 0 Å². The summed E-state index contributed by atoms with van der Waals surface area (Å²) >= 11 is 0. The van der Waals surface area contributed by atoms with Crippen molar-refractivity contribution in [1.82, 2.24) is 4.90 Å². The van der Waals surface area contributed by atoms with E-state index in [0.717, 1.165) is 18.5 Å². The van der Waals surface area contributed by atoms with Gasteiger partial charge in [0.05, 0.1) is 5.92 Å². The fourth-order valence-corrected chi connectivity index (χ4v) is 2.18. The lowest BCUT2D eigenvalue weighted by Crippen LogP contribution is -2.27. The number of amides is 1. The number of likely N-dealkylation sites (tertiary alicyclic amines) is 1. The van der Waals surface area contributed by atoms with Gasteiger partial charge in [0.15, 0.2) is 0 Å². The molecular formula is C12H17N3O2. The summed E-state index contributed by atoms with van der Waals surface area (Å²) in [7, 11) is 0. The Morgan fingerprint density at radius 2 is 2.29 bits per heavy atom. The molecule has 0 aliphatic carbocycles. The van der Waals surface area contributed by atoms with Gasteiger partial charge in [0.1, 0.15) is 5.75 Å². The molecule has 0 saturated carbocycles. The zero-order valence-corrected chi connectivity index (χ0v) is 9.60. The highest BCUT2D eigenvalue weighted by molar-refractivity contribution is 5.77. The second kappa shape index (κ2) is 4.63. The molecule has 17 heavy (non-hydrogen) atoms. The Kier molecular flexibility index (Phi) is 3.19. The predicted molar refractivity (Wildman–Crippen MR) is 65.1 cm³/mol. The van der Waals surface area contributed by atoms with Gasteiger partial charge < -0.3 is 16.6 Å². The Morgan fingerprint density at radius 1 is 1.53 bits per heavy atom. The molecule has 0 bridgehead atoms. The number of phenolic OH excluding ortho intramolecular Hbond substituents is 1. The zero-order valence-electron chi connectivity index (χ0n) is 9.60. The summed E-state index contributed by atoms with van der Waals surface area (Å²) in [5.74, 6) is -0.0794. The van der Waals surface area contributed by atoms with Gasteiger partial charge in [0.25, 0.3) is 0 Å².